The lowest BCUT2D eigenvalue weighted by molar-refractivity contribution is -0.119. The number of nitrogens with two attached hydrogens (primary N) is 1. The first-order chi connectivity index (χ1) is 8.82. The van der Waals surface area contributed by atoms with E-state index >= 15 is 0 Å². The summed E-state index contributed by atoms with van der Waals surface area (Å²) in [5, 5.41) is 2.53. The van der Waals surface area contributed by atoms with Crippen molar-refractivity contribution in [2.45, 2.75) is 18.7 Å². The first-order valence-electron chi connectivity index (χ1n) is 5.76. The van der Waals surface area contributed by atoms with E-state index in [1.54, 1.807) is 25.1 Å². The van der Waals surface area contributed by atoms with Gasteiger partial charge >= 0.3 is 0 Å². The van der Waals surface area contributed by atoms with E-state index < -0.39 is 21.5 Å². The van der Waals surface area contributed by atoms with E-state index in [2.05, 4.69) is 21.2 Å². The molecule has 1 aromatic rings. The normalized spacial score (nSPS) is 12.3. The van der Waals surface area contributed by atoms with E-state index in [9.17, 15) is 13.2 Å². The maximum atomic E-state index is 11.9. The van der Waals surface area contributed by atoms with Gasteiger partial charge in [-0.2, -0.15) is 0 Å². The SMILES string of the molecule is C[C@@H](CN)NC(=O)CS(=O)(=O)Cc1cccc(Br)c1.Cl. The van der Waals surface area contributed by atoms with E-state index in [0.29, 0.717) is 5.56 Å². The van der Waals surface area contributed by atoms with Crippen molar-refractivity contribution in [3.05, 3.63) is 34.3 Å². The number of hydrogen-bond acceptors (Lipinski definition) is 4. The molecule has 3 N–H and O–H groups in total. The van der Waals surface area contributed by atoms with E-state index in [0.717, 1.165) is 4.47 Å². The molecule has 8 heteroatoms. The second-order valence-electron chi connectivity index (χ2n) is 4.37. The molecule has 0 aliphatic rings. The van der Waals surface area contributed by atoms with Crippen LogP contribution in [0.3, 0.4) is 0 Å². The molecule has 1 amide bonds. The van der Waals surface area contributed by atoms with Gasteiger partial charge in [0.1, 0.15) is 5.75 Å². The summed E-state index contributed by atoms with van der Waals surface area (Å²) < 4.78 is 24.6. The van der Waals surface area contributed by atoms with Gasteiger partial charge in [-0.3, -0.25) is 4.79 Å². The zero-order valence-electron chi connectivity index (χ0n) is 11.0. The third-order valence-electron chi connectivity index (χ3n) is 2.39. The van der Waals surface area contributed by atoms with Crippen molar-refractivity contribution in [1.82, 2.24) is 5.32 Å². The second-order valence-corrected chi connectivity index (χ2v) is 7.35. The fraction of sp³-hybridized carbons (Fsp3) is 0.417. The summed E-state index contributed by atoms with van der Waals surface area (Å²) >= 11 is 3.27. The van der Waals surface area contributed by atoms with E-state index in [-0.39, 0.29) is 30.7 Å². The molecule has 20 heavy (non-hydrogen) atoms. The minimum atomic E-state index is -3.48. The number of amides is 1. The topological polar surface area (TPSA) is 89.3 Å². The number of nitrogens with one attached hydrogen (secondary N) is 1. The van der Waals surface area contributed by atoms with Crippen molar-refractivity contribution in [3.63, 3.8) is 0 Å². The lowest BCUT2D eigenvalue weighted by Gasteiger charge is -2.11. The lowest BCUT2D eigenvalue weighted by Crippen LogP contribution is -2.40. The van der Waals surface area contributed by atoms with Crippen LogP contribution in [0.2, 0.25) is 0 Å². The van der Waals surface area contributed by atoms with Crippen molar-refractivity contribution in [2.75, 3.05) is 12.3 Å². The van der Waals surface area contributed by atoms with Gasteiger partial charge in [0.25, 0.3) is 0 Å². The molecule has 1 rings (SSSR count). The van der Waals surface area contributed by atoms with Gasteiger partial charge in [0.05, 0.1) is 5.75 Å². The summed E-state index contributed by atoms with van der Waals surface area (Å²) in [6, 6.07) is 6.77. The Morgan fingerprint density at radius 2 is 2.10 bits per heavy atom. The van der Waals surface area contributed by atoms with Crippen LogP contribution in [0.25, 0.3) is 0 Å². The monoisotopic (exact) mass is 384 g/mol. The van der Waals surface area contributed by atoms with Crippen LogP contribution >= 0.6 is 28.3 Å². The van der Waals surface area contributed by atoms with Gasteiger partial charge in [0, 0.05) is 17.1 Å². The fourth-order valence-corrected chi connectivity index (χ4v) is 3.23. The summed E-state index contributed by atoms with van der Waals surface area (Å²) in [6.07, 6.45) is 0. The van der Waals surface area contributed by atoms with E-state index in [1.165, 1.54) is 0 Å². The lowest BCUT2D eigenvalue weighted by atomic mass is 10.2. The largest absolute Gasteiger partial charge is 0.351 e. The number of rotatable bonds is 6. The highest BCUT2D eigenvalue weighted by Gasteiger charge is 2.18. The van der Waals surface area contributed by atoms with Crippen LogP contribution in [0.15, 0.2) is 28.7 Å². The molecule has 1 aromatic carbocycles. The van der Waals surface area contributed by atoms with Crippen LogP contribution in [0, 0.1) is 0 Å². The molecule has 0 aliphatic heterocycles. The molecule has 0 heterocycles. The van der Waals surface area contributed by atoms with Crippen molar-refractivity contribution < 1.29 is 13.2 Å². The highest BCUT2D eigenvalue weighted by molar-refractivity contribution is 9.10. The van der Waals surface area contributed by atoms with Gasteiger partial charge < -0.3 is 11.1 Å². The van der Waals surface area contributed by atoms with Gasteiger partial charge in [-0.15, -0.1) is 12.4 Å². The van der Waals surface area contributed by atoms with Crippen LogP contribution in [0.5, 0.6) is 0 Å². The molecule has 0 aromatic heterocycles. The Kier molecular flexibility index (Phi) is 8.34. The molecule has 5 nitrogen and oxygen atoms in total. The summed E-state index contributed by atoms with van der Waals surface area (Å²) in [5.74, 6) is -1.20. The molecular formula is C12H18BrClN2O3S. The highest BCUT2D eigenvalue weighted by atomic mass is 79.9. The van der Waals surface area contributed by atoms with Crippen LogP contribution < -0.4 is 11.1 Å². The molecule has 0 spiro atoms. The van der Waals surface area contributed by atoms with Gasteiger partial charge in [0.15, 0.2) is 9.84 Å². The van der Waals surface area contributed by atoms with E-state index in [4.69, 9.17) is 5.73 Å². The molecule has 0 saturated heterocycles. The van der Waals surface area contributed by atoms with Crippen molar-refractivity contribution in [1.29, 1.82) is 0 Å². The summed E-state index contributed by atoms with van der Waals surface area (Å²) in [4.78, 5) is 11.5. The molecule has 0 radical (unpaired) electrons. The number of halogens is 2. The Hall–Kier alpha value is -0.630. The second kappa shape index (κ2) is 8.61. The number of carbonyl (C=O) groups excluding carboxylic acids is 1. The van der Waals surface area contributed by atoms with Gasteiger partial charge in [0.2, 0.25) is 5.91 Å². The average molecular weight is 386 g/mol. The zero-order chi connectivity index (χ0) is 14.5. The smallest absolute Gasteiger partial charge is 0.235 e. The fourth-order valence-electron chi connectivity index (χ4n) is 1.51. The van der Waals surface area contributed by atoms with Crippen LogP contribution in [-0.2, 0) is 20.4 Å². The standard InChI is InChI=1S/C12H17BrN2O3S.ClH/c1-9(6-14)15-12(16)8-19(17,18)7-10-3-2-4-11(13)5-10;/h2-5,9H,6-8,14H2,1H3,(H,15,16);1H/t9-;/m0./s1. The Bertz CT molecular complexity index is 551. The van der Waals surface area contributed by atoms with Crippen LogP contribution in [0.1, 0.15) is 12.5 Å². The molecular weight excluding hydrogens is 368 g/mol. The Morgan fingerprint density at radius 1 is 1.45 bits per heavy atom. The quantitative estimate of drug-likeness (QED) is 0.771. The van der Waals surface area contributed by atoms with Gasteiger partial charge in [-0.25, -0.2) is 8.42 Å². The number of carbonyl (C=O) groups is 1. The van der Waals surface area contributed by atoms with Crippen LogP contribution in [0.4, 0.5) is 0 Å². The maximum Gasteiger partial charge on any atom is 0.235 e. The Balaban J connectivity index is 0.00000361. The minimum absolute atomic E-state index is 0. The van der Waals surface area contributed by atoms with Crippen LogP contribution in [-0.4, -0.2) is 32.7 Å². The number of benzene rings is 1. The highest BCUT2D eigenvalue weighted by Crippen LogP contribution is 2.14. The summed E-state index contributed by atoms with van der Waals surface area (Å²) in [7, 11) is -3.48. The molecule has 0 unspecified atom stereocenters. The molecule has 114 valence electrons. The third kappa shape index (κ3) is 7.23. The van der Waals surface area contributed by atoms with Crippen molar-refractivity contribution >= 4 is 44.1 Å². The number of sulfone groups is 1. The van der Waals surface area contributed by atoms with Crippen molar-refractivity contribution in [3.8, 4) is 0 Å². The maximum absolute atomic E-state index is 11.9. The predicted octanol–water partition coefficient (Wildman–Crippen LogP) is 1.25. The molecule has 1 atom stereocenters. The number of hydrogen-bond donors (Lipinski definition) is 2. The molecule has 0 saturated carbocycles. The molecule has 0 aliphatic carbocycles. The van der Waals surface area contributed by atoms with Crippen molar-refractivity contribution in [2.24, 2.45) is 5.73 Å². The summed E-state index contributed by atoms with van der Waals surface area (Å²) in [5.41, 5.74) is 6.00. The minimum Gasteiger partial charge on any atom is -0.351 e. The third-order valence-corrected chi connectivity index (χ3v) is 4.36. The Labute approximate surface area is 133 Å². The Morgan fingerprint density at radius 3 is 2.65 bits per heavy atom. The molecule has 0 fully saturated rings. The van der Waals surface area contributed by atoms with Gasteiger partial charge in [-0.05, 0) is 24.6 Å². The first kappa shape index (κ1) is 19.4. The molecule has 0 bridgehead atoms. The predicted molar refractivity (Wildman–Crippen MR) is 85.5 cm³/mol. The first-order valence-corrected chi connectivity index (χ1v) is 8.38. The summed E-state index contributed by atoms with van der Waals surface area (Å²) in [6.45, 7) is 2.00. The van der Waals surface area contributed by atoms with E-state index in [1.807, 2.05) is 6.07 Å². The average Bonchev–Trinajstić information content (AvgIpc) is 2.26. The zero-order valence-corrected chi connectivity index (χ0v) is 14.2. The van der Waals surface area contributed by atoms with Gasteiger partial charge in [-0.1, -0.05) is 28.1 Å².